The first kappa shape index (κ1) is 24.3. The van der Waals surface area contributed by atoms with Crippen LogP contribution in [0, 0.1) is 0 Å². The van der Waals surface area contributed by atoms with E-state index in [9.17, 15) is 0 Å². The monoisotopic (exact) mass is 484 g/mol. The van der Waals surface area contributed by atoms with Crippen molar-refractivity contribution in [2.45, 2.75) is 25.7 Å². The van der Waals surface area contributed by atoms with Crippen LogP contribution in [0.4, 0.5) is 0 Å². The molecule has 0 atom stereocenters. The lowest BCUT2D eigenvalue weighted by molar-refractivity contribution is 0.183. The number of likely N-dealkylation sites (tertiary alicyclic amines) is 1. The lowest BCUT2D eigenvalue weighted by Gasteiger charge is -2.26. The van der Waals surface area contributed by atoms with Crippen molar-refractivity contribution >= 4 is 10.9 Å². The first-order chi connectivity index (χ1) is 17.7. The van der Waals surface area contributed by atoms with E-state index >= 15 is 0 Å². The van der Waals surface area contributed by atoms with Crippen LogP contribution in [-0.2, 0) is 13.5 Å². The number of benzene rings is 3. The smallest absolute Gasteiger partial charge is 0.120 e. The molecule has 0 radical (unpaired) electrons. The second-order valence-corrected chi connectivity index (χ2v) is 9.57. The quantitative estimate of drug-likeness (QED) is 0.279. The summed E-state index contributed by atoms with van der Waals surface area (Å²) in [5, 5.41) is 1.24. The summed E-state index contributed by atoms with van der Waals surface area (Å²) in [4.78, 5) is 2.51. The van der Waals surface area contributed by atoms with Gasteiger partial charge < -0.3 is 18.8 Å². The van der Waals surface area contributed by atoms with Crippen LogP contribution in [0.1, 0.15) is 30.4 Å². The van der Waals surface area contributed by atoms with E-state index in [-0.39, 0.29) is 0 Å². The first-order valence-electron chi connectivity index (χ1n) is 12.9. The van der Waals surface area contributed by atoms with Gasteiger partial charge in [-0.1, -0.05) is 18.6 Å². The van der Waals surface area contributed by atoms with E-state index in [1.54, 1.807) is 14.2 Å². The van der Waals surface area contributed by atoms with E-state index in [4.69, 9.17) is 14.2 Å². The molecule has 1 saturated heterocycles. The number of hydrogen-bond acceptors (Lipinski definition) is 4. The molecule has 0 unspecified atom stereocenters. The van der Waals surface area contributed by atoms with Gasteiger partial charge in [-0.05, 0) is 91.2 Å². The zero-order valence-electron chi connectivity index (χ0n) is 21.6. The Labute approximate surface area is 214 Å². The highest BCUT2D eigenvalue weighted by Gasteiger charge is 2.18. The third-order valence-electron chi connectivity index (χ3n) is 7.31. The number of methoxy groups -OCH3 is 2. The Morgan fingerprint density at radius 2 is 1.42 bits per heavy atom. The van der Waals surface area contributed by atoms with E-state index < -0.39 is 0 Å². The molecule has 1 aliphatic heterocycles. The Hall–Kier alpha value is -3.44. The Bertz CT molecular complexity index is 1290. The summed E-state index contributed by atoms with van der Waals surface area (Å²) in [7, 11) is 5.54. The van der Waals surface area contributed by atoms with E-state index in [1.807, 2.05) is 18.2 Å². The number of nitrogens with zero attached hydrogens (tertiary/aromatic N) is 2. The zero-order chi connectivity index (χ0) is 24.9. The van der Waals surface area contributed by atoms with Gasteiger partial charge in [0.2, 0.25) is 0 Å². The Balaban J connectivity index is 1.39. The minimum atomic E-state index is 0.742. The summed E-state index contributed by atoms with van der Waals surface area (Å²) in [6, 6.07) is 23.2. The summed E-state index contributed by atoms with van der Waals surface area (Å²) < 4.78 is 19.2. The van der Waals surface area contributed by atoms with Crippen molar-refractivity contribution in [1.82, 2.24) is 9.47 Å². The van der Waals surface area contributed by atoms with E-state index in [2.05, 4.69) is 65.0 Å². The molecular formula is C31H36N2O3. The second kappa shape index (κ2) is 11.1. The van der Waals surface area contributed by atoms with Gasteiger partial charge in [0.05, 0.1) is 25.4 Å². The third-order valence-corrected chi connectivity index (χ3v) is 7.31. The van der Waals surface area contributed by atoms with Gasteiger partial charge in [-0.25, -0.2) is 0 Å². The third kappa shape index (κ3) is 5.21. The Kier molecular flexibility index (Phi) is 7.47. The molecule has 5 rings (SSSR count). The molecule has 0 amide bonds. The van der Waals surface area contributed by atoms with Crippen molar-refractivity contribution in [1.29, 1.82) is 0 Å². The summed E-state index contributed by atoms with van der Waals surface area (Å²) in [6.45, 7) is 4.16. The lowest BCUT2D eigenvalue weighted by Crippen LogP contribution is -2.33. The van der Waals surface area contributed by atoms with Gasteiger partial charge in [0.25, 0.3) is 0 Å². The summed E-state index contributed by atoms with van der Waals surface area (Å²) in [5.41, 5.74) is 6.10. The van der Waals surface area contributed by atoms with Crippen molar-refractivity contribution < 1.29 is 14.2 Å². The number of aryl methyl sites for hydroxylation is 1. The first-order valence-corrected chi connectivity index (χ1v) is 12.9. The predicted octanol–water partition coefficient (Wildman–Crippen LogP) is 6.32. The standard InChI is InChI=1S/C31H36N2O3/c1-32-30-22-27(35-3)15-16-28(30)29(31(32)24-9-13-25(34-2)14-10-24)21-23-7-11-26(12-8-23)36-20-19-33-17-5-4-6-18-33/h7-16,22H,4-6,17-21H2,1-3H3. The number of hydrogen-bond donors (Lipinski definition) is 0. The van der Waals surface area contributed by atoms with Crippen LogP contribution in [0.15, 0.2) is 66.7 Å². The molecule has 36 heavy (non-hydrogen) atoms. The van der Waals surface area contributed by atoms with Crippen LogP contribution in [0.5, 0.6) is 17.2 Å². The topological polar surface area (TPSA) is 35.9 Å². The number of aromatic nitrogens is 1. The molecule has 5 heteroatoms. The van der Waals surface area contributed by atoms with Crippen molar-refractivity contribution in [3.63, 3.8) is 0 Å². The van der Waals surface area contributed by atoms with Crippen LogP contribution in [0.3, 0.4) is 0 Å². The van der Waals surface area contributed by atoms with Gasteiger partial charge in [0.15, 0.2) is 0 Å². The molecule has 1 aliphatic rings. The predicted molar refractivity (Wildman–Crippen MR) is 146 cm³/mol. The molecule has 1 aromatic heterocycles. The largest absolute Gasteiger partial charge is 0.497 e. The number of rotatable bonds is 9. The van der Waals surface area contributed by atoms with E-state index in [0.717, 1.165) is 42.3 Å². The maximum Gasteiger partial charge on any atom is 0.120 e. The van der Waals surface area contributed by atoms with Crippen LogP contribution in [-0.4, -0.2) is 49.9 Å². The molecule has 0 spiro atoms. The maximum atomic E-state index is 6.06. The van der Waals surface area contributed by atoms with Crippen LogP contribution >= 0.6 is 0 Å². The molecule has 1 fully saturated rings. The van der Waals surface area contributed by atoms with Gasteiger partial charge >= 0.3 is 0 Å². The summed E-state index contributed by atoms with van der Waals surface area (Å²) in [5.74, 6) is 2.66. The van der Waals surface area contributed by atoms with E-state index in [0.29, 0.717) is 0 Å². The van der Waals surface area contributed by atoms with Crippen LogP contribution in [0.25, 0.3) is 22.2 Å². The van der Waals surface area contributed by atoms with Gasteiger partial charge in [0, 0.05) is 31.5 Å². The fraction of sp³-hybridized carbons (Fsp3) is 0.355. The lowest BCUT2D eigenvalue weighted by atomic mass is 9.98. The normalized spacial score (nSPS) is 14.2. The van der Waals surface area contributed by atoms with Crippen LogP contribution in [0.2, 0.25) is 0 Å². The molecule has 188 valence electrons. The minimum absolute atomic E-state index is 0.742. The average molecular weight is 485 g/mol. The highest BCUT2D eigenvalue weighted by Crippen LogP contribution is 2.37. The molecule has 0 aliphatic carbocycles. The molecular weight excluding hydrogens is 448 g/mol. The van der Waals surface area contributed by atoms with Crippen molar-refractivity contribution in [3.05, 3.63) is 77.9 Å². The molecule has 3 aromatic carbocycles. The molecule has 2 heterocycles. The minimum Gasteiger partial charge on any atom is -0.497 e. The summed E-state index contributed by atoms with van der Waals surface area (Å²) >= 11 is 0. The number of fused-ring (bicyclic) bond motifs is 1. The molecule has 0 N–H and O–H groups in total. The SMILES string of the molecule is COc1ccc(-c2c(Cc3ccc(OCCN4CCCCC4)cc3)c3ccc(OC)cc3n2C)cc1. The van der Waals surface area contributed by atoms with Gasteiger partial charge in [-0.2, -0.15) is 0 Å². The highest BCUT2D eigenvalue weighted by atomic mass is 16.5. The highest BCUT2D eigenvalue weighted by molar-refractivity contribution is 5.93. The fourth-order valence-electron chi connectivity index (χ4n) is 5.30. The van der Waals surface area contributed by atoms with Gasteiger partial charge in [-0.3, -0.25) is 4.90 Å². The average Bonchev–Trinajstić information content (AvgIpc) is 3.20. The number of piperidine rings is 1. The molecule has 0 bridgehead atoms. The summed E-state index contributed by atoms with van der Waals surface area (Å²) in [6.07, 6.45) is 4.82. The van der Waals surface area contributed by atoms with Crippen molar-refractivity contribution in [2.75, 3.05) is 40.5 Å². The van der Waals surface area contributed by atoms with Crippen LogP contribution < -0.4 is 14.2 Å². The maximum absolute atomic E-state index is 6.06. The van der Waals surface area contributed by atoms with E-state index in [1.165, 1.54) is 60.1 Å². The second-order valence-electron chi connectivity index (χ2n) is 9.57. The van der Waals surface area contributed by atoms with Crippen molar-refractivity contribution in [3.8, 4) is 28.5 Å². The zero-order valence-corrected chi connectivity index (χ0v) is 21.6. The van der Waals surface area contributed by atoms with Crippen molar-refractivity contribution in [2.24, 2.45) is 7.05 Å². The fourth-order valence-corrected chi connectivity index (χ4v) is 5.30. The Morgan fingerprint density at radius 3 is 2.11 bits per heavy atom. The van der Waals surface area contributed by atoms with Gasteiger partial charge in [0.1, 0.15) is 23.9 Å². The molecule has 5 nitrogen and oxygen atoms in total. The number of ether oxygens (including phenoxy) is 3. The molecule has 4 aromatic rings. The molecule has 0 saturated carbocycles. The Morgan fingerprint density at radius 1 is 0.750 bits per heavy atom. The van der Waals surface area contributed by atoms with Gasteiger partial charge in [-0.15, -0.1) is 0 Å².